The highest BCUT2D eigenvalue weighted by Gasteiger charge is 2.31. The number of hydrogen-bond donors (Lipinski definition) is 1. The summed E-state index contributed by atoms with van der Waals surface area (Å²) in [5, 5.41) is 3.05. The lowest BCUT2D eigenvalue weighted by Crippen LogP contribution is -2.28. The first kappa shape index (κ1) is 25.6. The van der Waals surface area contributed by atoms with Crippen molar-refractivity contribution in [2.24, 2.45) is 0 Å². The quantitative estimate of drug-likeness (QED) is 0.336. The van der Waals surface area contributed by atoms with Crippen molar-refractivity contribution in [2.45, 2.75) is 56.6 Å². The van der Waals surface area contributed by atoms with E-state index in [2.05, 4.69) is 30.2 Å². The number of methoxy groups -OCH3 is 1. The Morgan fingerprint density at radius 2 is 1.92 bits per heavy atom. The van der Waals surface area contributed by atoms with Gasteiger partial charge in [-0.3, -0.25) is 9.36 Å². The molecule has 38 heavy (non-hydrogen) atoms. The Morgan fingerprint density at radius 1 is 1.13 bits per heavy atom. The monoisotopic (exact) mass is 536 g/mol. The van der Waals surface area contributed by atoms with Crippen LogP contribution in [0.5, 0.6) is 5.88 Å². The normalized spacial score (nSPS) is 14.4. The predicted octanol–water partition coefficient (Wildman–Crippen LogP) is 2.91. The van der Waals surface area contributed by atoms with Gasteiger partial charge < -0.3 is 10.1 Å². The van der Waals surface area contributed by atoms with E-state index in [4.69, 9.17) is 9.72 Å². The van der Waals surface area contributed by atoms with E-state index in [-0.39, 0.29) is 29.0 Å². The number of sulfone groups is 1. The van der Waals surface area contributed by atoms with Crippen LogP contribution in [0.25, 0.3) is 22.6 Å². The van der Waals surface area contributed by atoms with Gasteiger partial charge in [0.05, 0.1) is 19.0 Å². The van der Waals surface area contributed by atoms with E-state index in [0.29, 0.717) is 46.3 Å². The number of fused-ring (bicyclic) bond motifs is 1. The van der Waals surface area contributed by atoms with Crippen molar-refractivity contribution in [3.8, 4) is 17.3 Å². The van der Waals surface area contributed by atoms with Crippen molar-refractivity contribution in [3.63, 3.8) is 0 Å². The molecule has 1 N–H and O–H groups in total. The van der Waals surface area contributed by atoms with Crippen molar-refractivity contribution < 1.29 is 13.2 Å². The third kappa shape index (κ3) is 4.93. The molecular weight excluding hydrogens is 508 g/mol. The standard InChI is InChI=1S/C25H28N8O4S/c1-5-14(2)33-23-17(12-28-21(32-23)19-20(16-7-8-16)29-13-30-24(19)37-3)31-22(25(33)34)27-11-15-6-9-18(26-10-15)38(4,35)36/h6,9-10,12-14,16H,5,7-8,11H2,1-4H3,(H,27,31)/t14-/m1/s1. The molecule has 1 fully saturated rings. The molecule has 1 saturated carbocycles. The Hall–Kier alpha value is -4.00. The first-order chi connectivity index (χ1) is 18.2. The van der Waals surface area contributed by atoms with Gasteiger partial charge in [-0.1, -0.05) is 13.0 Å². The van der Waals surface area contributed by atoms with Gasteiger partial charge >= 0.3 is 0 Å². The van der Waals surface area contributed by atoms with Crippen LogP contribution >= 0.6 is 0 Å². The first-order valence-electron chi connectivity index (χ1n) is 12.3. The maximum absolute atomic E-state index is 13.6. The lowest BCUT2D eigenvalue weighted by Gasteiger charge is -2.18. The second-order valence-corrected chi connectivity index (χ2v) is 11.3. The molecule has 1 aliphatic rings. The van der Waals surface area contributed by atoms with Gasteiger partial charge in [0.25, 0.3) is 5.56 Å². The van der Waals surface area contributed by atoms with Crippen LogP contribution in [0.15, 0.2) is 40.7 Å². The lowest BCUT2D eigenvalue weighted by atomic mass is 10.1. The minimum atomic E-state index is -3.39. The molecule has 4 heterocycles. The van der Waals surface area contributed by atoms with Gasteiger partial charge in [-0.2, -0.15) is 0 Å². The van der Waals surface area contributed by atoms with Crippen molar-refractivity contribution in [1.82, 2.24) is 34.5 Å². The summed E-state index contributed by atoms with van der Waals surface area (Å²) in [5.74, 6) is 1.22. The molecule has 5 rings (SSSR count). The number of ether oxygens (including phenoxy) is 1. The lowest BCUT2D eigenvalue weighted by molar-refractivity contribution is 0.397. The van der Waals surface area contributed by atoms with Gasteiger partial charge in [0.15, 0.2) is 32.2 Å². The summed E-state index contributed by atoms with van der Waals surface area (Å²) < 4.78 is 30.5. The van der Waals surface area contributed by atoms with E-state index in [1.54, 1.807) is 23.9 Å². The topological polar surface area (TPSA) is 155 Å². The molecule has 4 aromatic heterocycles. The van der Waals surface area contributed by atoms with Gasteiger partial charge in [0.2, 0.25) is 5.88 Å². The van der Waals surface area contributed by atoms with E-state index in [1.165, 1.54) is 18.6 Å². The third-order valence-electron chi connectivity index (χ3n) is 6.52. The molecular formula is C25H28N8O4S. The van der Waals surface area contributed by atoms with Crippen LogP contribution in [0.2, 0.25) is 0 Å². The molecule has 0 spiro atoms. The zero-order valence-corrected chi connectivity index (χ0v) is 22.4. The van der Waals surface area contributed by atoms with E-state index in [1.807, 2.05) is 13.8 Å². The number of anilines is 1. The van der Waals surface area contributed by atoms with Crippen LogP contribution in [0, 0.1) is 0 Å². The fraction of sp³-hybridized carbons (Fsp3) is 0.400. The largest absolute Gasteiger partial charge is 0.480 e. The zero-order valence-electron chi connectivity index (χ0n) is 21.5. The molecule has 1 aliphatic carbocycles. The Morgan fingerprint density at radius 3 is 2.55 bits per heavy atom. The maximum Gasteiger partial charge on any atom is 0.295 e. The minimum absolute atomic E-state index is 0.0116. The number of nitrogens with one attached hydrogen (secondary N) is 1. The summed E-state index contributed by atoms with van der Waals surface area (Å²) in [6.45, 7) is 4.17. The molecule has 0 bridgehead atoms. The average molecular weight is 537 g/mol. The van der Waals surface area contributed by atoms with Crippen LogP contribution in [0.1, 0.15) is 56.3 Å². The molecule has 0 saturated heterocycles. The summed E-state index contributed by atoms with van der Waals surface area (Å²) in [6.07, 6.45) is 8.38. The highest BCUT2D eigenvalue weighted by molar-refractivity contribution is 7.90. The van der Waals surface area contributed by atoms with Crippen LogP contribution in [0.4, 0.5) is 5.82 Å². The summed E-state index contributed by atoms with van der Waals surface area (Å²) >= 11 is 0. The van der Waals surface area contributed by atoms with E-state index in [9.17, 15) is 13.2 Å². The average Bonchev–Trinajstić information content (AvgIpc) is 3.76. The highest BCUT2D eigenvalue weighted by atomic mass is 32.2. The van der Waals surface area contributed by atoms with Gasteiger partial charge in [-0.25, -0.2) is 38.3 Å². The van der Waals surface area contributed by atoms with Crippen LogP contribution in [-0.2, 0) is 16.4 Å². The van der Waals surface area contributed by atoms with Crippen molar-refractivity contribution in [3.05, 3.63) is 52.5 Å². The van der Waals surface area contributed by atoms with Crippen LogP contribution in [0.3, 0.4) is 0 Å². The first-order valence-corrected chi connectivity index (χ1v) is 14.2. The van der Waals surface area contributed by atoms with E-state index < -0.39 is 9.84 Å². The number of rotatable bonds is 9. The smallest absolute Gasteiger partial charge is 0.295 e. The predicted molar refractivity (Wildman–Crippen MR) is 141 cm³/mol. The summed E-state index contributed by atoms with van der Waals surface area (Å²) in [4.78, 5) is 40.2. The Balaban J connectivity index is 1.56. The van der Waals surface area contributed by atoms with Gasteiger partial charge in [-0.15, -0.1) is 0 Å². The fourth-order valence-electron chi connectivity index (χ4n) is 4.16. The molecule has 4 aromatic rings. The summed E-state index contributed by atoms with van der Waals surface area (Å²) in [7, 11) is -1.85. The number of nitrogens with zero attached hydrogens (tertiary/aromatic N) is 7. The van der Waals surface area contributed by atoms with Gasteiger partial charge in [-0.05, 0) is 37.8 Å². The van der Waals surface area contributed by atoms with Gasteiger partial charge in [0.1, 0.15) is 17.4 Å². The van der Waals surface area contributed by atoms with Crippen molar-refractivity contribution in [2.75, 3.05) is 18.7 Å². The number of pyridine rings is 1. The molecule has 13 heteroatoms. The molecule has 0 amide bonds. The zero-order chi connectivity index (χ0) is 27.0. The Bertz CT molecular complexity index is 1670. The fourth-order valence-corrected chi connectivity index (χ4v) is 4.72. The molecule has 1 atom stereocenters. The van der Waals surface area contributed by atoms with E-state index >= 15 is 0 Å². The summed E-state index contributed by atoms with van der Waals surface area (Å²) in [6, 6.07) is 2.92. The Kier molecular flexibility index (Phi) is 6.78. The van der Waals surface area contributed by atoms with Crippen LogP contribution in [-0.4, -0.2) is 56.3 Å². The highest BCUT2D eigenvalue weighted by Crippen LogP contribution is 2.44. The van der Waals surface area contributed by atoms with Gasteiger partial charge in [0, 0.05) is 31.0 Å². The van der Waals surface area contributed by atoms with Crippen LogP contribution < -0.4 is 15.6 Å². The summed E-state index contributed by atoms with van der Waals surface area (Å²) in [5.41, 5.74) is 2.71. The van der Waals surface area contributed by atoms with Crippen molar-refractivity contribution >= 4 is 26.8 Å². The molecule has 0 radical (unpaired) electrons. The number of hydrogen-bond acceptors (Lipinski definition) is 11. The molecule has 198 valence electrons. The molecule has 0 unspecified atom stereocenters. The van der Waals surface area contributed by atoms with E-state index in [0.717, 1.165) is 24.8 Å². The third-order valence-corrected chi connectivity index (χ3v) is 7.53. The SMILES string of the molecule is CC[C@@H](C)n1c(=O)c(NCc2ccc(S(C)(=O)=O)nc2)nc2cnc(-c3c(OC)ncnc3C3CC3)nc21. The molecule has 12 nitrogen and oxygen atoms in total. The molecule has 0 aromatic carbocycles. The number of aromatic nitrogens is 7. The second kappa shape index (κ2) is 10.0. The minimum Gasteiger partial charge on any atom is -0.480 e. The molecule has 0 aliphatic heterocycles. The van der Waals surface area contributed by atoms with Crippen molar-refractivity contribution in [1.29, 1.82) is 0 Å². The maximum atomic E-state index is 13.6. The second-order valence-electron chi connectivity index (χ2n) is 9.34. The Labute approximate surface area is 219 Å².